The van der Waals surface area contributed by atoms with Crippen molar-refractivity contribution in [1.29, 1.82) is 0 Å². The lowest BCUT2D eigenvalue weighted by atomic mass is 10.1. The number of hydrogen-bond acceptors (Lipinski definition) is 2. The van der Waals surface area contributed by atoms with Crippen molar-refractivity contribution in [2.24, 2.45) is 5.73 Å². The molecule has 0 aliphatic rings. The van der Waals surface area contributed by atoms with Gasteiger partial charge >= 0.3 is 0 Å². The fourth-order valence-electron chi connectivity index (χ4n) is 2.09. The first-order chi connectivity index (χ1) is 8.90. The summed E-state index contributed by atoms with van der Waals surface area (Å²) in [6.07, 6.45) is 1.81. The number of hydrogen-bond donors (Lipinski definition) is 1. The molecule has 2 rings (SSSR count). The van der Waals surface area contributed by atoms with Gasteiger partial charge in [-0.25, -0.2) is 0 Å². The first-order valence-electron chi connectivity index (χ1n) is 6.15. The van der Waals surface area contributed by atoms with Crippen molar-refractivity contribution in [2.45, 2.75) is 26.8 Å². The average Bonchev–Trinajstić information content (AvgIpc) is 2.32. The van der Waals surface area contributed by atoms with Crippen LogP contribution in [0.25, 0.3) is 5.69 Å². The molecule has 0 fully saturated rings. The third-order valence-electron chi connectivity index (χ3n) is 3.19. The highest BCUT2D eigenvalue weighted by atomic mass is 35.5. The summed E-state index contributed by atoms with van der Waals surface area (Å²) in [4.78, 5) is 11.9. The zero-order chi connectivity index (χ0) is 14.2. The highest BCUT2D eigenvalue weighted by Gasteiger charge is 2.10. The molecule has 0 saturated heterocycles. The SMILES string of the molecule is Cc1ccc(Cl)cc1-n1cc(C(C)N)c(=O)cc1C. The van der Waals surface area contributed by atoms with Crippen LogP contribution in [0.15, 0.2) is 35.3 Å². The van der Waals surface area contributed by atoms with Gasteiger partial charge in [-0.05, 0) is 38.5 Å². The van der Waals surface area contributed by atoms with E-state index in [-0.39, 0.29) is 11.5 Å². The molecule has 1 heterocycles. The number of aromatic nitrogens is 1. The van der Waals surface area contributed by atoms with Gasteiger partial charge in [0.2, 0.25) is 0 Å². The monoisotopic (exact) mass is 276 g/mol. The van der Waals surface area contributed by atoms with Crippen LogP contribution in [0.3, 0.4) is 0 Å². The van der Waals surface area contributed by atoms with E-state index in [0.29, 0.717) is 10.6 Å². The molecular weight excluding hydrogens is 260 g/mol. The van der Waals surface area contributed by atoms with Gasteiger partial charge in [0, 0.05) is 40.3 Å². The third kappa shape index (κ3) is 2.72. The van der Waals surface area contributed by atoms with E-state index in [1.54, 1.807) is 19.2 Å². The quantitative estimate of drug-likeness (QED) is 0.916. The smallest absolute Gasteiger partial charge is 0.186 e. The summed E-state index contributed by atoms with van der Waals surface area (Å²) in [6, 6.07) is 7.02. The average molecular weight is 277 g/mol. The Hall–Kier alpha value is -1.58. The molecule has 0 aliphatic heterocycles. The van der Waals surface area contributed by atoms with Gasteiger partial charge in [0.1, 0.15) is 0 Å². The summed E-state index contributed by atoms with van der Waals surface area (Å²) >= 11 is 6.05. The zero-order valence-corrected chi connectivity index (χ0v) is 12.0. The number of pyridine rings is 1. The number of rotatable bonds is 2. The molecule has 0 bridgehead atoms. The second kappa shape index (κ2) is 5.19. The van der Waals surface area contributed by atoms with Crippen molar-refractivity contribution in [3.8, 4) is 5.69 Å². The molecule has 1 atom stereocenters. The van der Waals surface area contributed by atoms with Crippen molar-refractivity contribution in [3.63, 3.8) is 0 Å². The maximum absolute atomic E-state index is 11.9. The lowest BCUT2D eigenvalue weighted by Crippen LogP contribution is -2.20. The standard InChI is InChI=1S/C15H17ClN2O/c1-9-4-5-12(16)7-14(9)18-8-13(11(3)17)15(19)6-10(18)2/h4-8,11H,17H2,1-3H3. The molecule has 0 spiro atoms. The Kier molecular flexibility index (Phi) is 3.78. The predicted octanol–water partition coefficient (Wildman–Crippen LogP) is 3.13. The van der Waals surface area contributed by atoms with Crippen LogP contribution < -0.4 is 11.2 Å². The van der Waals surface area contributed by atoms with Crippen LogP contribution in [0.1, 0.15) is 29.8 Å². The Labute approximate surface area is 117 Å². The summed E-state index contributed by atoms with van der Waals surface area (Å²) in [5.41, 5.74) is 9.33. The zero-order valence-electron chi connectivity index (χ0n) is 11.3. The fourth-order valence-corrected chi connectivity index (χ4v) is 2.26. The van der Waals surface area contributed by atoms with E-state index in [2.05, 4.69) is 0 Å². The van der Waals surface area contributed by atoms with E-state index >= 15 is 0 Å². The highest BCUT2D eigenvalue weighted by Crippen LogP contribution is 2.21. The molecule has 0 aliphatic carbocycles. The summed E-state index contributed by atoms with van der Waals surface area (Å²) < 4.78 is 1.96. The molecule has 0 radical (unpaired) electrons. The van der Waals surface area contributed by atoms with Crippen LogP contribution in [0, 0.1) is 13.8 Å². The second-order valence-corrected chi connectivity index (χ2v) is 5.26. The number of nitrogens with zero attached hydrogens (tertiary/aromatic N) is 1. The van der Waals surface area contributed by atoms with Gasteiger partial charge in [-0.1, -0.05) is 17.7 Å². The molecule has 3 nitrogen and oxygen atoms in total. The highest BCUT2D eigenvalue weighted by molar-refractivity contribution is 6.30. The van der Waals surface area contributed by atoms with Crippen molar-refractivity contribution in [2.75, 3.05) is 0 Å². The Bertz CT molecular complexity index is 674. The van der Waals surface area contributed by atoms with Gasteiger partial charge in [0.15, 0.2) is 5.43 Å². The molecule has 1 aromatic carbocycles. The van der Waals surface area contributed by atoms with Crippen LogP contribution in [0.2, 0.25) is 5.02 Å². The van der Waals surface area contributed by atoms with Crippen molar-refractivity contribution in [1.82, 2.24) is 4.57 Å². The summed E-state index contributed by atoms with van der Waals surface area (Å²) in [7, 11) is 0. The summed E-state index contributed by atoms with van der Waals surface area (Å²) in [6.45, 7) is 5.71. The van der Waals surface area contributed by atoms with Gasteiger partial charge in [-0.2, -0.15) is 0 Å². The van der Waals surface area contributed by atoms with Gasteiger partial charge in [0.25, 0.3) is 0 Å². The van der Waals surface area contributed by atoms with Gasteiger partial charge in [-0.3, -0.25) is 4.79 Å². The topological polar surface area (TPSA) is 48.0 Å². The van der Waals surface area contributed by atoms with Crippen LogP contribution in [0.4, 0.5) is 0 Å². The number of benzene rings is 1. The van der Waals surface area contributed by atoms with Gasteiger partial charge in [-0.15, -0.1) is 0 Å². The molecule has 2 N–H and O–H groups in total. The number of nitrogens with two attached hydrogens (primary N) is 1. The molecule has 4 heteroatoms. The van der Waals surface area contributed by atoms with E-state index in [1.807, 2.05) is 36.6 Å². The van der Waals surface area contributed by atoms with Crippen molar-refractivity contribution < 1.29 is 0 Å². The number of aryl methyl sites for hydroxylation is 2. The Morgan fingerprint density at radius 3 is 2.58 bits per heavy atom. The molecule has 0 saturated carbocycles. The van der Waals surface area contributed by atoms with E-state index in [4.69, 9.17) is 17.3 Å². The predicted molar refractivity (Wildman–Crippen MR) is 79.1 cm³/mol. The molecule has 100 valence electrons. The van der Waals surface area contributed by atoms with Crippen molar-refractivity contribution in [3.05, 3.63) is 62.5 Å². The van der Waals surface area contributed by atoms with E-state index in [0.717, 1.165) is 16.9 Å². The molecule has 1 unspecified atom stereocenters. The molecule has 2 aromatic rings. The van der Waals surface area contributed by atoms with E-state index < -0.39 is 0 Å². The number of halogens is 1. The van der Waals surface area contributed by atoms with Gasteiger partial charge in [0.05, 0.1) is 0 Å². The first kappa shape index (κ1) is 13.8. The third-order valence-corrected chi connectivity index (χ3v) is 3.43. The summed E-state index contributed by atoms with van der Waals surface area (Å²) in [5, 5.41) is 0.668. The van der Waals surface area contributed by atoms with Gasteiger partial charge < -0.3 is 10.3 Å². The minimum atomic E-state index is -0.293. The molecule has 19 heavy (non-hydrogen) atoms. The fraction of sp³-hybridized carbons (Fsp3) is 0.267. The van der Waals surface area contributed by atoms with Crippen molar-refractivity contribution >= 4 is 11.6 Å². The Balaban J connectivity index is 2.71. The molecular formula is C15H17ClN2O. The molecule has 0 amide bonds. The van der Waals surface area contributed by atoms with Crippen LogP contribution in [0.5, 0.6) is 0 Å². The molecule has 1 aromatic heterocycles. The first-order valence-corrected chi connectivity index (χ1v) is 6.53. The summed E-state index contributed by atoms with van der Waals surface area (Å²) in [5.74, 6) is 0. The van der Waals surface area contributed by atoms with Crippen LogP contribution in [-0.4, -0.2) is 4.57 Å². The maximum atomic E-state index is 11.9. The minimum absolute atomic E-state index is 0.0246. The van der Waals surface area contributed by atoms with E-state index in [9.17, 15) is 4.79 Å². The largest absolute Gasteiger partial charge is 0.324 e. The lowest BCUT2D eigenvalue weighted by molar-refractivity contribution is 0.785. The van der Waals surface area contributed by atoms with Crippen LogP contribution >= 0.6 is 11.6 Å². The normalized spacial score (nSPS) is 12.5. The lowest BCUT2D eigenvalue weighted by Gasteiger charge is -2.16. The Morgan fingerprint density at radius 2 is 1.95 bits per heavy atom. The minimum Gasteiger partial charge on any atom is -0.324 e. The van der Waals surface area contributed by atoms with Crippen LogP contribution in [-0.2, 0) is 0 Å². The van der Waals surface area contributed by atoms with E-state index in [1.165, 1.54) is 0 Å². The maximum Gasteiger partial charge on any atom is 0.186 e. The Morgan fingerprint density at radius 1 is 1.26 bits per heavy atom. The second-order valence-electron chi connectivity index (χ2n) is 4.82.